The van der Waals surface area contributed by atoms with Crippen LogP contribution in [0.5, 0.6) is 0 Å². The lowest BCUT2D eigenvalue weighted by atomic mass is 9.91. The Morgan fingerprint density at radius 2 is 2.06 bits per heavy atom. The summed E-state index contributed by atoms with van der Waals surface area (Å²) in [6, 6.07) is 10.5. The zero-order valence-electron chi connectivity index (χ0n) is 11.3. The van der Waals surface area contributed by atoms with Crippen LogP contribution in [-0.2, 0) is 11.3 Å². The van der Waals surface area contributed by atoms with Crippen LogP contribution in [0.25, 0.3) is 0 Å². The van der Waals surface area contributed by atoms with Gasteiger partial charge in [0.1, 0.15) is 5.78 Å². The average molecular weight is 245 g/mol. The molecule has 1 aliphatic rings. The highest BCUT2D eigenvalue weighted by Gasteiger charge is 2.26. The molecule has 0 amide bonds. The average Bonchev–Trinajstić information content (AvgIpc) is 2.40. The summed E-state index contributed by atoms with van der Waals surface area (Å²) in [5, 5.41) is 0. The molecular formula is C16H23NO. The maximum atomic E-state index is 11.9. The second kappa shape index (κ2) is 6.69. The summed E-state index contributed by atoms with van der Waals surface area (Å²) in [5.41, 5.74) is 1.35. The molecule has 1 saturated heterocycles. The molecular weight excluding hydrogens is 222 g/mol. The predicted molar refractivity (Wildman–Crippen MR) is 74.4 cm³/mol. The minimum atomic E-state index is 0.280. The number of hydrogen-bond donors (Lipinski definition) is 0. The van der Waals surface area contributed by atoms with E-state index < -0.39 is 0 Å². The molecule has 0 bridgehead atoms. The normalized spacial score (nSPS) is 21.2. The zero-order chi connectivity index (χ0) is 12.8. The van der Waals surface area contributed by atoms with E-state index >= 15 is 0 Å². The Labute approximate surface area is 110 Å². The van der Waals surface area contributed by atoms with Gasteiger partial charge in [0.05, 0.1) is 0 Å². The van der Waals surface area contributed by atoms with E-state index in [1.54, 1.807) is 0 Å². The molecule has 1 fully saturated rings. The van der Waals surface area contributed by atoms with Gasteiger partial charge in [0, 0.05) is 32.0 Å². The van der Waals surface area contributed by atoms with Crippen LogP contribution < -0.4 is 0 Å². The molecule has 1 atom stereocenters. The fraction of sp³-hybridized carbons (Fsp3) is 0.562. The fourth-order valence-corrected chi connectivity index (χ4v) is 2.67. The van der Waals surface area contributed by atoms with Crippen molar-refractivity contribution in [1.82, 2.24) is 4.90 Å². The lowest BCUT2D eigenvalue weighted by molar-refractivity contribution is -0.126. The first-order chi connectivity index (χ1) is 8.79. The lowest BCUT2D eigenvalue weighted by Crippen LogP contribution is -2.40. The molecule has 0 N–H and O–H groups in total. The van der Waals surface area contributed by atoms with Gasteiger partial charge in [0.2, 0.25) is 0 Å². The number of nitrogens with zero attached hydrogens (tertiary/aromatic N) is 1. The fourth-order valence-electron chi connectivity index (χ4n) is 2.67. The first kappa shape index (κ1) is 13.3. The van der Waals surface area contributed by atoms with Crippen molar-refractivity contribution < 1.29 is 4.79 Å². The first-order valence-corrected chi connectivity index (χ1v) is 7.08. The number of rotatable bonds is 5. The van der Waals surface area contributed by atoms with Gasteiger partial charge in [0.15, 0.2) is 0 Å². The standard InChI is InChI=1S/C16H23NO/c1-2-3-9-15-13-17(11-10-16(15)18)12-14-7-5-4-6-8-14/h4-8,15H,2-3,9-13H2,1H3. The Kier molecular flexibility index (Phi) is 4.94. The van der Waals surface area contributed by atoms with Gasteiger partial charge in [-0.2, -0.15) is 0 Å². The molecule has 2 nitrogen and oxygen atoms in total. The minimum Gasteiger partial charge on any atom is -0.299 e. The zero-order valence-corrected chi connectivity index (χ0v) is 11.3. The number of ketones is 1. The van der Waals surface area contributed by atoms with Crippen molar-refractivity contribution in [2.75, 3.05) is 13.1 Å². The highest BCUT2D eigenvalue weighted by Crippen LogP contribution is 2.20. The Bertz CT molecular complexity index is 374. The molecule has 98 valence electrons. The predicted octanol–water partition coefficient (Wildman–Crippen LogP) is 3.27. The molecule has 1 aromatic rings. The molecule has 2 heteroatoms. The molecule has 1 aliphatic heterocycles. The first-order valence-electron chi connectivity index (χ1n) is 7.08. The topological polar surface area (TPSA) is 20.3 Å². The van der Waals surface area contributed by atoms with Crippen LogP contribution in [0, 0.1) is 5.92 Å². The summed E-state index contributed by atoms with van der Waals surface area (Å²) < 4.78 is 0. The van der Waals surface area contributed by atoms with Crippen LogP contribution in [-0.4, -0.2) is 23.8 Å². The number of piperidine rings is 1. The monoisotopic (exact) mass is 245 g/mol. The number of likely N-dealkylation sites (tertiary alicyclic amines) is 1. The number of hydrogen-bond acceptors (Lipinski definition) is 2. The van der Waals surface area contributed by atoms with E-state index in [1.807, 2.05) is 6.07 Å². The Morgan fingerprint density at radius 3 is 2.78 bits per heavy atom. The van der Waals surface area contributed by atoms with Gasteiger partial charge >= 0.3 is 0 Å². The second-order valence-corrected chi connectivity index (χ2v) is 5.28. The van der Waals surface area contributed by atoms with Gasteiger partial charge in [-0.15, -0.1) is 0 Å². The van der Waals surface area contributed by atoms with Gasteiger partial charge in [-0.25, -0.2) is 0 Å². The van der Waals surface area contributed by atoms with Crippen molar-refractivity contribution >= 4 is 5.78 Å². The van der Waals surface area contributed by atoms with Gasteiger partial charge in [0.25, 0.3) is 0 Å². The number of Topliss-reactive ketones (excluding diaryl/α,β-unsaturated/α-hetero) is 1. The van der Waals surface area contributed by atoms with Gasteiger partial charge in [-0.05, 0) is 12.0 Å². The Morgan fingerprint density at radius 1 is 1.28 bits per heavy atom. The van der Waals surface area contributed by atoms with E-state index in [0.29, 0.717) is 5.78 Å². The van der Waals surface area contributed by atoms with Crippen molar-refractivity contribution in [3.8, 4) is 0 Å². The molecule has 1 heterocycles. The van der Waals surface area contributed by atoms with E-state index in [9.17, 15) is 4.79 Å². The van der Waals surface area contributed by atoms with E-state index in [0.717, 1.165) is 32.5 Å². The van der Waals surface area contributed by atoms with E-state index in [-0.39, 0.29) is 5.92 Å². The van der Waals surface area contributed by atoms with Gasteiger partial charge in [-0.1, -0.05) is 50.1 Å². The lowest BCUT2D eigenvalue weighted by Gasteiger charge is -2.31. The smallest absolute Gasteiger partial charge is 0.138 e. The Balaban J connectivity index is 1.89. The van der Waals surface area contributed by atoms with Crippen LogP contribution in [0.1, 0.15) is 38.2 Å². The summed E-state index contributed by atoms with van der Waals surface area (Å²) in [4.78, 5) is 14.3. The maximum Gasteiger partial charge on any atom is 0.138 e. The van der Waals surface area contributed by atoms with E-state index in [1.165, 1.54) is 18.4 Å². The highest BCUT2D eigenvalue weighted by molar-refractivity contribution is 5.82. The summed E-state index contributed by atoms with van der Waals surface area (Å²) in [6.07, 6.45) is 4.17. The number of carbonyl (C=O) groups is 1. The third-order valence-corrected chi connectivity index (χ3v) is 3.76. The number of unbranched alkanes of at least 4 members (excludes halogenated alkanes) is 1. The van der Waals surface area contributed by atoms with E-state index in [2.05, 4.69) is 36.1 Å². The third kappa shape index (κ3) is 3.67. The van der Waals surface area contributed by atoms with Crippen LogP contribution in [0.4, 0.5) is 0 Å². The molecule has 1 unspecified atom stereocenters. The molecule has 18 heavy (non-hydrogen) atoms. The summed E-state index contributed by atoms with van der Waals surface area (Å²) in [5.74, 6) is 0.759. The van der Waals surface area contributed by atoms with Crippen LogP contribution in [0.2, 0.25) is 0 Å². The second-order valence-electron chi connectivity index (χ2n) is 5.28. The molecule has 0 aromatic heterocycles. The largest absolute Gasteiger partial charge is 0.299 e. The van der Waals surface area contributed by atoms with Crippen molar-refractivity contribution in [2.24, 2.45) is 5.92 Å². The molecule has 0 aliphatic carbocycles. The number of benzene rings is 1. The van der Waals surface area contributed by atoms with Crippen molar-refractivity contribution in [3.63, 3.8) is 0 Å². The highest BCUT2D eigenvalue weighted by atomic mass is 16.1. The number of carbonyl (C=O) groups excluding carboxylic acids is 1. The van der Waals surface area contributed by atoms with Gasteiger partial charge in [-0.3, -0.25) is 9.69 Å². The Hall–Kier alpha value is -1.15. The van der Waals surface area contributed by atoms with Crippen molar-refractivity contribution in [1.29, 1.82) is 0 Å². The molecule has 0 spiro atoms. The summed E-state index contributed by atoms with van der Waals surface area (Å²) in [7, 11) is 0. The maximum absolute atomic E-state index is 11.9. The third-order valence-electron chi connectivity index (χ3n) is 3.76. The molecule has 1 aromatic carbocycles. The quantitative estimate of drug-likeness (QED) is 0.793. The van der Waals surface area contributed by atoms with E-state index in [4.69, 9.17) is 0 Å². The molecule has 2 rings (SSSR count). The van der Waals surface area contributed by atoms with Crippen molar-refractivity contribution in [3.05, 3.63) is 35.9 Å². The van der Waals surface area contributed by atoms with Gasteiger partial charge < -0.3 is 0 Å². The van der Waals surface area contributed by atoms with Crippen molar-refractivity contribution in [2.45, 2.75) is 39.2 Å². The summed E-state index contributed by atoms with van der Waals surface area (Å²) >= 11 is 0. The minimum absolute atomic E-state index is 0.280. The van der Waals surface area contributed by atoms with Crippen LogP contribution in [0.15, 0.2) is 30.3 Å². The molecule has 0 radical (unpaired) electrons. The van der Waals surface area contributed by atoms with Crippen LogP contribution >= 0.6 is 0 Å². The summed E-state index contributed by atoms with van der Waals surface area (Å²) in [6.45, 7) is 5.05. The van der Waals surface area contributed by atoms with Crippen LogP contribution in [0.3, 0.4) is 0 Å². The SMILES string of the molecule is CCCCC1CN(Cc2ccccc2)CCC1=O. The molecule has 0 saturated carbocycles.